The van der Waals surface area contributed by atoms with Crippen LogP contribution in [0.15, 0.2) is 184 Å². The zero-order chi connectivity index (χ0) is 77.0. The van der Waals surface area contributed by atoms with Gasteiger partial charge in [-0.3, -0.25) is 0 Å². The van der Waals surface area contributed by atoms with Crippen molar-refractivity contribution < 1.29 is 205 Å². The maximum absolute atomic E-state index is 11.2. The molecule has 0 aliphatic heterocycles. The van der Waals surface area contributed by atoms with E-state index >= 15 is 0 Å². The molecule has 0 unspecified atom stereocenters. The van der Waals surface area contributed by atoms with Crippen LogP contribution < -0.4 is 88.3 Å². The molecule has 105 heavy (non-hydrogen) atoms. The largest absolute Gasteiger partial charge is 2.00 e. The van der Waals surface area contributed by atoms with Crippen LogP contribution in [0.1, 0.15) is 104 Å². The molecule has 36 nitrogen and oxygen atoms in total. The number of methoxy groups -OCH3 is 6. The van der Waals surface area contributed by atoms with E-state index < -0.39 is 35.8 Å². The second-order valence-corrected chi connectivity index (χ2v) is 18.4. The van der Waals surface area contributed by atoms with Gasteiger partial charge in [-0.05, 0) is 77.9 Å². The van der Waals surface area contributed by atoms with Gasteiger partial charge in [0.25, 0.3) is 0 Å². The first-order valence-corrected chi connectivity index (χ1v) is 28.5. The van der Waals surface area contributed by atoms with Crippen molar-refractivity contribution in [3.8, 4) is 0 Å². The predicted octanol–water partition coefficient (Wildman–Crippen LogP) is -6.46. The third-order valence-corrected chi connectivity index (χ3v) is 11.0. The first kappa shape index (κ1) is 96.9. The van der Waals surface area contributed by atoms with E-state index in [9.17, 15) is 28.8 Å². The average Bonchev–Trinajstić information content (AvgIpc) is 1.75. The van der Waals surface area contributed by atoms with E-state index in [1.807, 2.05) is 109 Å². The van der Waals surface area contributed by atoms with Gasteiger partial charge in [0.05, 0.1) is 42.7 Å². The number of carboxylic acid groups (broad SMARTS) is 6. The number of hydrogen-bond donors (Lipinski definition) is 0. The summed E-state index contributed by atoms with van der Waals surface area (Å²) in [5.74, 6) is -8.66. The molecule has 0 spiro atoms. The number of aliphatic carboxylic acids is 6. The molecule has 0 aliphatic carbocycles. The summed E-state index contributed by atoms with van der Waals surface area (Å²) in [5, 5.41) is 77.4. The number of fused-ring (bicyclic) bond motifs is 6. The zero-order valence-corrected chi connectivity index (χ0v) is 62.1. The van der Waals surface area contributed by atoms with Crippen molar-refractivity contribution in [1.82, 2.24) is 30.6 Å². The van der Waals surface area contributed by atoms with Gasteiger partial charge < -0.3 is 118 Å². The molecule has 0 N–H and O–H groups in total. The summed E-state index contributed by atoms with van der Waals surface area (Å²) in [5.41, 5.74) is 7.49. The molecule has 0 radical (unpaired) electrons. The number of ether oxygens (including phenoxy) is 6. The van der Waals surface area contributed by atoms with E-state index in [0.717, 1.165) is 74.6 Å². The molecule has 12 aromatic rings. The number of esters is 6. The van der Waals surface area contributed by atoms with Gasteiger partial charge >= 0.3 is 97.1 Å². The van der Waals surface area contributed by atoms with Crippen molar-refractivity contribution in [3.05, 3.63) is 217 Å². The fourth-order valence-corrected chi connectivity index (χ4v) is 7.21. The molecule has 0 aliphatic rings. The molecular formula is C66H66N12O24Pd3. The SMILES string of the molecule is CC(=O)[O-].CC(=O)[O-].CC(=O)[O-].CC(=O)[O-].CC(=O)[O-].CC(=O)[O-].COC(=O)c1c[n-][n+]2ccccc12.COC(=O)c1c[n-][n+]2ccccc12.COC(=O)c1c[n-][n+]2ccccc12.COC(=O)c1c[n-][n+]2ccccc12.COC(=O)c1c[n-][n+]2ccccc12.COC(=O)c1c[n-][n+]2ccccc12.[Pd+2].[Pd+2].[Pd+2]. The van der Waals surface area contributed by atoms with Crippen molar-refractivity contribution >= 4 is 105 Å². The van der Waals surface area contributed by atoms with Crippen LogP contribution in [-0.2, 0) is 118 Å². The topological polar surface area (TPSA) is 508 Å². The van der Waals surface area contributed by atoms with Crippen molar-refractivity contribution in [2.24, 2.45) is 0 Å². The third kappa shape index (κ3) is 35.8. The number of aromatic nitrogens is 12. The summed E-state index contributed by atoms with van der Waals surface area (Å²) in [6, 6.07) is 33.1. The first-order chi connectivity index (χ1) is 48.3. The Labute approximate surface area is 637 Å². The van der Waals surface area contributed by atoms with E-state index in [4.69, 9.17) is 59.4 Å². The maximum atomic E-state index is 11.2. The molecular weight excluding hydrogens is 1660 g/mol. The Balaban J connectivity index is -0.00000111. The van der Waals surface area contributed by atoms with E-state index in [-0.39, 0.29) is 97.1 Å². The first-order valence-electron chi connectivity index (χ1n) is 28.5. The molecule has 0 fully saturated rings. The minimum Gasteiger partial charge on any atom is -0.550 e. The number of pyridine rings is 6. The summed E-state index contributed by atoms with van der Waals surface area (Å²) < 4.78 is 37.4. The minimum atomic E-state index is -1.08. The molecule has 564 valence electrons. The number of carbonyl (C=O) groups is 12. The number of nitrogens with zero attached hydrogens (tertiary/aromatic N) is 12. The summed E-state index contributed by atoms with van der Waals surface area (Å²) in [4.78, 5) is 121. The molecule has 0 atom stereocenters. The van der Waals surface area contributed by atoms with E-state index in [0.29, 0.717) is 33.4 Å². The normalized spacial score (nSPS) is 9.03. The van der Waals surface area contributed by atoms with Crippen LogP contribution in [0, 0.1) is 0 Å². The number of rotatable bonds is 6. The van der Waals surface area contributed by atoms with Crippen LogP contribution in [0.2, 0.25) is 0 Å². The van der Waals surface area contributed by atoms with E-state index in [2.05, 4.69) is 59.0 Å². The fraction of sp³-hybridized carbons (Fsp3) is 0.182. The Bertz CT molecular complexity index is 3950. The fourth-order valence-electron chi connectivity index (χ4n) is 7.21. The Morgan fingerprint density at radius 1 is 0.238 bits per heavy atom. The average molecular weight is 1730 g/mol. The van der Waals surface area contributed by atoms with Gasteiger partial charge in [-0.25, -0.2) is 55.9 Å². The Morgan fingerprint density at radius 3 is 0.438 bits per heavy atom. The van der Waals surface area contributed by atoms with Crippen LogP contribution in [-0.4, -0.2) is 114 Å². The van der Waals surface area contributed by atoms with Gasteiger partial charge in [-0.1, -0.05) is 0 Å². The third-order valence-electron chi connectivity index (χ3n) is 11.0. The Morgan fingerprint density at radius 2 is 0.343 bits per heavy atom. The maximum Gasteiger partial charge on any atom is 2.00 e. The molecule has 0 amide bonds. The smallest absolute Gasteiger partial charge is 0.550 e. The summed E-state index contributed by atoms with van der Waals surface area (Å²) in [7, 11) is 8.14. The molecule has 39 heteroatoms. The monoisotopic (exact) mass is 1730 g/mol. The van der Waals surface area contributed by atoms with Crippen LogP contribution in [0.25, 0.3) is 33.1 Å². The number of hydrogen-bond acceptors (Lipinski definition) is 24. The van der Waals surface area contributed by atoms with Gasteiger partial charge in [0.2, 0.25) is 33.1 Å². The predicted molar refractivity (Wildman–Crippen MR) is 330 cm³/mol. The molecule has 0 saturated carbocycles. The summed E-state index contributed by atoms with van der Waals surface area (Å²) in [6.07, 6.45) is 19.7. The van der Waals surface area contributed by atoms with Crippen molar-refractivity contribution in [3.63, 3.8) is 0 Å². The second kappa shape index (κ2) is 52.7. The van der Waals surface area contributed by atoms with Gasteiger partial charge in [0.1, 0.15) is 33.4 Å². The quantitative estimate of drug-likeness (QED) is 0.0646. The molecule has 0 bridgehead atoms. The second-order valence-electron chi connectivity index (χ2n) is 18.4. The summed E-state index contributed by atoms with van der Waals surface area (Å²) in [6.45, 7) is 5.83. The molecule has 12 aromatic heterocycles. The van der Waals surface area contributed by atoms with Crippen LogP contribution in [0.4, 0.5) is 0 Å². The van der Waals surface area contributed by atoms with Gasteiger partial charge in [-0.2, -0.15) is 0 Å². The Kier molecular flexibility index (Phi) is 48.7. The van der Waals surface area contributed by atoms with Gasteiger partial charge in [0, 0.05) is 109 Å². The van der Waals surface area contributed by atoms with Crippen LogP contribution >= 0.6 is 0 Å². The summed E-state index contributed by atoms with van der Waals surface area (Å²) >= 11 is 0. The minimum absolute atomic E-state index is 0. The number of carbonyl (C=O) groups excluding carboxylic acids is 12. The van der Waals surface area contributed by atoms with Crippen molar-refractivity contribution in [2.45, 2.75) is 41.5 Å². The van der Waals surface area contributed by atoms with E-state index in [1.54, 1.807) is 64.3 Å². The van der Waals surface area contributed by atoms with Crippen molar-refractivity contribution in [2.75, 3.05) is 42.7 Å². The molecule has 0 saturated heterocycles. The Hall–Kier alpha value is -12.2. The van der Waals surface area contributed by atoms with Gasteiger partial charge in [0.15, 0.2) is 37.2 Å². The standard InChI is InChI=1S/6C9H8N2O2.6C2H4O2.3Pd/c6*1-13-9(12)7-6-10-11-5-3-2-4-8(7)11;6*1-2(3)4;;;/h6*2-6H,1H3;6*1H3,(H,3,4);;;/q;;;;;;;;;;;;3*+2/p-6. The van der Waals surface area contributed by atoms with Crippen molar-refractivity contribution in [1.29, 1.82) is 0 Å². The van der Waals surface area contributed by atoms with Crippen LogP contribution in [0.3, 0.4) is 0 Å². The number of carboxylic acids is 6. The zero-order valence-electron chi connectivity index (χ0n) is 57.4. The van der Waals surface area contributed by atoms with E-state index in [1.165, 1.54) is 79.8 Å². The molecule has 12 heterocycles. The molecule has 0 aromatic carbocycles. The van der Waals surface area contributed by atoms with Crippen LogP contribution in [0.5, 0.6) is 0 Å². The molecule has 12 rings (SSSR count). The van der Waals surface area contributed by atoms with Gasteiger partial charge in [-0.15, -0.1) is 37.2 Å².